The number of aliphatic hydroxyl groups excluding tert-OH is 1. The molecule has 8 heteroatoms. The van der Waals surface area contributed by atoms with E-state index in [0.717, 1.165) is 49.0 Å². The normalized spacial score (nSPS) is 37.9. The van der Waals surface area contributed by atoms with E-state index >= 15 is 0 Å². The zero-order valence-corrected chi connectivity index (χ0v) is 14.9. The molecule has 0 radical (unpaired) electrons. The van der Waals surface area contributed by atoms with E-state index < -0.39 is 21.5 Å². The van der Waals surface area contributed by atoms with Crippen molar-refractivity contribution < 1.29 is 22.8 Å². The first-order valence-electron chi connectivity index (χ1n) is 7.58. The number of hydrogen-bond acceptors (Lipinski definition) is 4. The second-order valence-electron chi connectivity index (χ2n) is 6.59. The Bertz CT molecular complexity index is 424. The van der Waals surface area contributed by atoms with Crippen molar-refractivity contribution in [3.63, 3.8) is 0 Å². The molecule has 4 atom stereocenters. The summed E-state index contributed by atoms with van der Waals surface area (Å²) in [6.07, 6.45) is 6.16. The van der Waals surface area contributed by atoms with Crippen molar-refractivity contribution in [2.75, 3.05) is 6.61 Å². The van der Waals surface area contributed by atoms with Gasteiger partial charge in [0.15, 0.2) is 0 Å². The molecule has 2 rings (SSSR count). The van der Waals surface area contributed by atoms with Crippen LogP contribution in [0.4, 0.5) is 0 Å². The molecule has 1 saturated heterocycles. The summed E-state index contributed by atoms with van der Waals surface area (Å²) in [7, 11) is -3.14. The Morgan fingerprint density at radius 2 is 2.00 bits per heavy atom. The van der Waals surface area contributed by atoms with Gasteiger partial charge < -0.3 is 9.84 Å². The summed E-state index contributed by atoms with van der Waals surface area (Å²) in [4.78, 5) is 0. The van der Waals surface area contributed by atoms with Crippen LogP contribution in [0.15, 0.2) is 0 Å². The third kappa shape index (κ3) is 5.88. The molecule has 1 saturated carbocycles. The van der Waals surface area contributed by atoms with Gasteiger partial charge in [0.05, 0.1) is 6.10 Å². The van der Waals surface area contributed by atoms with Gasteiger partial charge in [-0.05, 0) is 57.3 Å². The van der Waals surface area contributed by atoms with Gasteiger partial charge in [0.1, 0.15) is 5.25 Å². The van der Waals surface area contributed by atoms with E-state index in [0.29, 0.717) is 12.8 Å². The summed E-state index contributed by atoms with van der Waals surface area (Å²) in [5, 5.41) is 8.79. The fourth-order valence-corrected chi connectivity index (χ4v) is 5.37. The van der Waals surface area contributed by atoms with Crippen LogP contribution in [-0.4, -0.2) is 81.1 Å². The molecule has 1 aliphatic heterocycles. The average molecular weight is 346 g/mol. The zero-order chi connectivity index (χ0) is 14.8. The van der Waals surface area contributed by atoms with Gasteiger partial charge in [0.25, 0.3) is 10.1 Å². The molecule has 0 aromatic carbocycles. The molecule has 21 heavy (non-hydrogen) atoms. The predicted octanol–water partition coefficient (Wildman–Crippen LogP) is -0.202. The molecule has 0 bridgehead atoms. The van der Waals surface area contributed by atoms with Crippen molar-refractivity contribution in [2.45, 2.75) is 67.9 Å². The predicted molar refractivity (Wildman–Crippen MR) is 87.5 cm³/mol. The third-order valence-corrected chi connectivity index (χ3v) is 7.44. The van der Waals surface area contributed by atoms with Gasteiger partial charge in [-0.3, -0.25) is 4.55 Å². The first-order chi connectivity index (χ1) is 9.30. The van der Waals surface area contributed by atoms with Crippen LogP contribution in [0.5, 0.6) is 0 Å². The van der Waals surface area contributed by atoms with Crippen LogP contribution in [0.3, 0.4) is 0 Å². The van der Waals surface area contributed by atoms with Crippen molar-refractivity contribution in [3.05, 3.63) is 0 Å². The molecular formula is C13H27NaO5SSi. The van der Waals surface area contributed by atoms with Crippen LogP contribution < -0.4 is 0 Å². The molecular weight excluding hydrogens is 319 g/mol. The van der Waals surface area contributed by atoms with Gasteiger partial charge in [-0.2, -0.15) is 8.42 Å². The SMILES string of the molecule is O=S(=O)(O)C1CC(CCC2([SiH3])CCCCO2)CCC1O.[NaH]. The van der Waals surface area contributed by atoms with Crippen molar-refractivity contribution in [1.82, 2.24) is 0 Å². The Kier molecular flexibility index (Phi) is 7.88. The first-order valence-corrected chi connectivity index (χ1v) is 10.1. The zero-order valence-electron chi connectivity index (χ0n) is 12.1. The molecule has 0 aromatic rings. The van der Waals surface area contributed by atoms with Crippen LogP contribution >= 0.6 is 0 Å². The average Bonchev–Trinajstić information content (AvgIpc) is 2.37. The summed E-state index contributed by atoms with van der Waals surface area (Å²) in [5.41, 5.74) is 0. The maximum atomic E-state index is 11.3. The van der Waals surface area contributed by atoms with E-state index in [9.17, 15) is 18.1 Å². The molecule has 5 nitrogen and oxygen atoms in total. The summed E-state index contributed by atoms with van der Waals surface area (Å²) >= 11 is 0. The second-order valence-corrected chi connectivity index (χ2v) is 10.1. The van der Waals surface area contributed by atoms with Gasteiger partial charge in [-0.25, -0.2) is 0 Å². The topological polar surface area (TPSA) is 83.8 Å². The molecule has 120 valence electrons. The van der Waals surface area contributed by atoms with Crippen LogP contribution in [0.1, 0.15) is 51.4 Å². The number of ether oxygens (including phenoxy) is 1. The van der Waals surface area contributed by atoms with E-state index in [2.05, 4.69) is 0 Å². The Balaban J connectivity index is 0.00000220. The van der Waals surface area contributed by atoms with Crippen LogP contribution in [0.2, 0.25) is 0 Å². The summed E-state index contributed by atoms with van der Waals surface area (Å²) < 4.78 is 37.7. The molecule has 2 N–H and O–H groups in total. The minimum absolute atomic E-state index is 0. The molecule has 0 amide bonds. The second kappa shape index (κ2) is 8.24. The molecule has 2 fully saturated rings. The van der Waals surface area contributed by atoms with Gasteiger partial charge in [-0.15, -0.1) is 0 Å². The Hall–Kier alpha value is 1.05. The van der Waals surface area contributed by atoms with Crippen molar-refractivity contribution in [3.8, 4) is 0 Å². The van der Waals surface area contributed by atoms with E-state index in [1.807, 2.05) is 0 Å². The van der Waals surface area contributed by atoms with Gasteiger partial charge in [0, 0.05) is 22.1 Å². The minimum atomic E-state index is -4.14. The standard InChI is InChI=1S/C13H26O5SSi.Na.H/c14-11-4-3-10(9-12(11)19(15,16)17)5-7-13(20)6-1-2-8-18-13;;/h10-12,14H,1-9H2,20H3,(H,15,16,17);;. The van der Waals surface area contributed by atoms with Gasteiger partial charge in [-0.1, -0.05) is 0 Å². The molecule has 0 spiro atoms. The van der Waals surface area contributed by atoms with E-state index in [4.69, 9.17) is 4.74 Å². The molecule has 0 aromatic heterocycles. The number of hydrogen-bond donors (Lipinski definition) is 2. The van der Waals surface area contributed by atoms with E-state index in [1.54, 1.807) is 0 Å². The first kappa shape index (κ1) is 20.1. The van der Waals surface area contributed by atoms with Crippen molar-refractivity contribution in [1.29, 1.82) is 0 Å². The van der Waals surface area contributed by atoms with Crippen LogP contribution in [0, 0.1) is 5.92 Å². The Labute approximate surface area is 152 Å². The summed E-state index contributed by atoms with van der Waals surface area (Å²) in [5.74, 6) is 0.265. The Morgan fingerprint density at radius 1 is 1.29 bits per heavy atom. The Morgan fingerprint density at radius 3 is 2.57 bits per heavy atom. The quantitative estimate of drug-likeness (QED) is 0.544. The number of rotatable bonds is 4. The van der Waals surface area contributed by atoms with Crippen LogP contribution in [-0.2, 0) is 14.9 Å². The molecule has 4 unspecified atom stereocenters. The monoisotopic (exact) mass is 346 g/mol. The van der Waals surface area contributed by atoms with E-state index in [-0.39, 0.29) is 40.7 Å². The summed E-state index contributed by atoms with van der Waals surface area (Å²) in [6, 6.07) is 0. The van der Waals surface area contributed by atoms with Gasteiger partial charge >= 0.3 is 29.6 Å². The third-order valence-electron chi connectivity index (χ3n) is 4.88. The maximum absolute atomic E-state index is 11.3. The molecule has 1 heterocycles. The van der Waals surface area contributed by atoms with E-state index in [1.165, 1.54) is 6.42 Å². The summed E-state index contributed by atoms with van der Waals surface area (Å²) in [6.45, 7) is 0.848. The van der Waals surface area contributed by atoms with Crippen molar-refractivity contribution in [2.24, 2.45) is 5.92 Å². The number of aliphatic hydroxyl groups is 1. The molecule has 2 aliphatic rings. The molecule has 1 aliphatic carbocycles. The fourth-order valence-electron chi connectivity index (χ4n) is 3.48. The fraction of sp³-hybridized carbons (Fsp3) is 1.00. The van der Waals surface area contributed by atoms with Crippen LogP contribution in [0.25, 0.3) is 0 Å². The van der Waals surface area contributed by atoms with Crippen molar-refractivity contribution >= 4 is 49.9 Å². The van der Waals surface area contributed by atoms with Gasteiger partial charge in [0.2, 0.25) is 0 Å².